The summed E-state index contributed by atoms with van der Waals surface area (Å²) in [4.78, 5) is 12.6. The van der Waals surface area contributed by atoms with Crippen molar-refractivity contribution in [2.45, 2.75) is 25.7 Å². The van der Waals surface area contributed by atoms with Crippen LogP contribution in [0.5, 0.6) is 11.5 Å². The van der Waals surface area contributed by atoms with Crippen molar-refractivity contribution < 1.29 is 14.3 Å². The third-order valence-electron chi connectivity index (χ3n) is 4.25. The first-order valence-corrected chi connectivity index (χ1v) is 8.03. The fourth-order valence-electron chi connectivity index (χ4n) is 2.58. The number of carbonyl (C=O) groups is 1. The molecule has 0 aliphatic rings. The second-order valence-electron chi connectivity index (χ2n) is 6.17. The average molecular weight is 327 g/mol. The molecule has 0 bridgehead atoms. The lowest BCUT2D eigenvalue weighted by Crippen LogP contribution is -2.40. The summed E-state index contributed by atoms with van der Waals surface area (Å²) >= 11 is 0. The Kier molecular flexibility index (Phi) is 5.85. The van der Waals surface area contributed by atoms with Crippen LogP contribution in [-0.4, -0.2) is 26.7 Å². The van der Waals surface area contributed by atoms with Gasteiger partial charge >= 0.3 is 0 Å². The molecule has 0 aromatic heterocycles. The Morgan fingerprint density at radius 1 is 1.00 bits per heavy atom. The zero-order chi connectivity index (χ0) is 17.6. The van der Waals surface area contributed by atoms with Crippen molar-refractivity contribution in [3.8, 4) is 11.5 Å². The van der Waals surface area contributed by atoms with E-state index in [1.807, 2.05) is 62.4 Å². The molecule has 1 N–H and O–H groups in total. The molecule has 4 nitrogen and oxygen atoms in total. The maximum atomic E-state index is 12.6. The van der Waals surface area contributed by atoms with Crippen molar-refractivity contribution in [2.24, 2.45) is 0 Å². The molecule has 1 amide bonds. The largest absolute Gasteiger partial charge is 0.497 e. The van der Waals surface area contributed by atoms with Gasteiger partial charge in [-0.15, -0.1) is 0 Å². The SMILES string of the molecule is COc1ccc(C(C)(C)C(=O)NCCc2ccccc2OC)cc1. The van der Waals surface area contributed by atoms with Crippen LogP contribution in [0.25, 0.3) is 0 Å². The number of amides is 1. The highest BCUT2D eigenvalue weighted by Gasteiger charge is 2.29. The Morgan fingerprint density at radius 3 is 2.29 bits per heavy atom. The van der Waals surface area contributed by atoms with Crippen LogP contribution in [0.1, 0.15) is 25.0 Å². The van der Waals surface area contributed by atoms with E-state index in [2.05, 4.69) is 5.32 Å². The van der Waals surface area contributed by atoms with Gasteiger partial charge in [0, 0.05) is 6.54 Å². The number of carbonyl (C=O) groups excluding carboxylic acids is 1. The summed E-state index contributed by atoms with van der Waals surface area (Å²) in [5.74, 6) is 1.63. The lowest BCUT2D eigenvalue weighted by atomic mass is 9.83. The van der Waals surface area contributed by atoms with Crippen LogP contribution < -0.4 is 14.8 Å². The predicted molar refractivity (Wildman–Crippen MR) is 95.7 cm³/mol. The molecule has 0 atom stereocenters. The van der Waals surface area contributed by atoms with E-state index in [1.54, 1.807) is 14.2 Å². The van der Waals surface area contributed by atoms with E-state index in [0.29, 0.717) is 6.54 Å². The number of ether oxygens (including phenoxy) is 2. The van der Waals surface area contributed by atoms with E-state index in [1.165, 1.54) is 0 Å². The zero-order valence-corrected chi connectivity index (χ0v) is 14.8. The molecule has 2 rings (SSSR count). The highest BCUT2D eigenvalue weighted by Crippen LogP contribution is 2.25. The minimum Gasteiger partial charge on any atom is -0.497 e. The highest BCUT2D eigenvalue weighted by atomic mass is 16.5. The van der Waals surface area contributed by atoms with Crippen molar-refractivity contribution in [3.05, 3.63) is 59.7 Å². The van der Waals surface area contributed by atoms with Gasteiger partial charge in [0.25, 0.3) is 0 Å². The summed E-state index contributed by atoms with van der Waals surface area (Å²) in [5.41, 5.74) is 1.44. The molecule has 0 heterocycles. The third kappa shape index (κ3) is 4.07. The normalized spacial score (nSPS) is 11.0. The second kappa shape index (κ2) is 7.86. The molecule has 2 aromatic carbocycles. The summed E-state index contributed by atoms with van der Waals surface area (Å²) in [6, 6.07) is 15.5. The smallest absolute Gasteiger partial charge is 0.230 e. The molecule has 0 unspecified atom stereocenters. The van der Waals surface area contributed by atoms with E-state index in [0.717, 1.165) is 29.0 Å². The maximum absolute atomic E-state index is 12.6. The van der Waals surface area contributed by atoms with Crippen LogP contribution >= 0.6 is 0 Å². The topological polar surface area (TPSA) is 47.6 Å². The molecule has 0 saturated carbocycles. The van der Waals surface area contributed by atoms with Gasteiger partial charge in [-0.05, 0) is 49.6 Å². The molecule has 0 radical (unpaired) electrons. The van der Waals surface area contributed by atoms with Gasteiger partial charge in [0.15, 0.2) is 0 Å². The standard InChI is InChI=1S/C20H25NO3/c1-20(2,16-9-11-17(23-3)12-10-16)19(22)21-14-13-15-7-5-6-8-18(15)24-4/h5-12H,13-14H2,1-4H3,(H,21,22). The number of para-hydroxylation sites is 1. The highest BCUT2D eigenvalue weighted by molar-refractivity contribution is 5.87. The minimum atomic E-state index is -0.604. The van der Waals surface area contributed by atoms with E-state index in [-0.39, 0.29) is 5.91 Å². The van der Waals surface area contributed by atoms with Crippen molar-refractivity contribution >= 4 is 5.91 Å². The molecule has 128 valence electrons. The maximum Gasteiger partial charge on any atom is 0.230 e. The second-order valence-corrected chi connectivity index (χ2v) is 6.17. The third-order valence-corrected chi connectivity index (χ3v) is 4.25. The van der Waals surface area contributed by atoms with E-state index >= 15 is 0 Å². The van der Waals surface area contributed by atoms with Crippen molar-refractivity contribution in [3.63, 3.8) is 0 Å². The molecule has 0 aliphatic carbocycles. The Bertz CT molecular complexity index is 678. The van der Waals surface area contributed by atoms with Gasteiger partial charge in [-0.3, -0.25) is 4.79 Å². The Morgan fingerprint density at radius 2 is 1.67 bits per heavy atom. The van der Waals surface area contributed by atoms with Gasteiger partial charge in [0.05, 0.1) is 19.6 Å². The van der Waals surface area contributed by atoms with Crippen LogP contribution in [0.4, 0.5) is 0 Å². The van der Waals surface area contributed by atoms with Crippen LogP contribution in [0.2, 0.25) is 0 Å². The summed E-state index contributed by atoms with van der Waals surface area (Å²) < 4.78 is 10.5. The fourth-order valence-corrected chi connectivity index (χ4v) is 2.58. The van der Waals surface area contributed by atoms with Gasteiger partial charge < -0.3 is 14.8 Å². The molecule has 4 heteroatoms. The van der Waals surface area contributed by atoms with Gasteiger partial charge in [-0.2, -0.15) is 0 Å². The molecule has 0 saturated heterocycles. The van der Waals surface area contributed by atoms with E-state index in [4.69, 9.17) is 9.47 Å². The first-order valence-electron chi connectivity index (χ1n) is 8.03. The first kappa shape index (κ1) is 17.9. The van der Waals surface area contributed by atoms with Gasteiger partial charge in [0.1, 0.15) is 11.5 Å². The summed E-state index contributed by atoms with van der Waals surface area (Å²) in [6.45, 7) is 4.42. The molecule has 0 fully saturated rings. The number of methoxy groups -OCH3 is 2. The van der Waals surface area contributed by atoms with E-state index < -0.39 is 5.41 Å². The molecular weight excluding hydrogens is 302 g/mol. The molecule has 24 heavy (non-hydrogen) atoms. The first-order chi connectivity index (χ1) is 11.5. The quantitative estimate of drug-likeness (QED) is 0.848. The number of nitrogens with one attached hydrogen (secondary N) is 1. The van der Waals surface area contributed by atoms with E-state index in [9.17, 15) is 4.79 Å². The summed E-state index contributed by atoms with van der Waals surface area (Å²) in [5, 5.41) is 3.02. The van der Waals surface area contributed by atoms with Crippen LogP contribution in [0.15, 0.2) is 48.5 Å². The molecule has 2 aromatic rings. The Balaban J connectivity index is 1.97. The van der Waals surface area contributed by atoms with Crippen molar-refractivity contribution in [1.29, 1.82) is 0 Å². The van der Waals surface area contributed by atoms with Gasteiger partial charge in [0.2, 0.25) is 5.91 Å². The fraction of sp³-hybridized carbons (Fsp3) is 0.350. The average Bonchev–Trinajstić information content (AvgIpc) is 2.62. The lowest BCUT2D eigenvalue weighted by Gasteiger charge is -2.24. The number of benzene rings is 2. The molecular formula is C20H25NO3. The molecule has 0 aliphatic heterocycles. The number of rotatable bonds is 7. The van der Waals surface area contributed by atoms with Crippen molar-refractivity contribution in [1.82, 2.24) is 5.32 Å². The van der Waals surface area contributed by atoms with Crippen molar-refractivity contribution in [2.75, 3.05) is 20.8 Å². The monoisotopic (exact) mass is 327 g/mol. The number of hydrogen-bond donors (Lipinski definition) is 1. The predicted octanol–water partition coefficient (Wildman–Crippen LogP) is 3.34. The number of hydrogen-bond acceptors (Lipinski definition) is 3. The minimum absolute atomic E-state index is 0.00237. The molecule has 0 spiro atoms. The van der Waals surface area contributed by atoms with Crippen LogP contribution in [0, 0.1) is 0 Å². The van der Waals surface area contributed by atoms with Gasteiger partial charge in [-0.1, -0.05) is 30.3 Å². The van der Waals surface area contributed by atoms with Gasteiger partial charge in [-0.25, -0.2) is 0 Å². The van der Waals surface area contributed by atoms with Crippen LogP contribution in [-0.2, 0) is 16.6 Å². The Labute approximate surface area is 143 Å². The van der Waals surface area contributed by atoms with Crippen LogP contribution in [0.3, 0.4) is 0 Å². The zero-order valence-electron chi connectivity index (χ0n) is 14.8. The lowest BCUT2D eigenvalue weighted by molar-refractivity contribution is -0.125. The Hall–Kier alpha value is -2.49. The summed E-state index contributed by atoms with van der Waals surface area (Å²) in [7, 11) is 3.29. The summed E-state index contributed by atoms with van der Waals surface area (Å²) in [6.07, 6.45) is 0.731.